The van der Waals surface area contributed by atoms with Crippen LogP contribution >= 0.6 is 25.3 Å². The van der Waals surface area contributed by atoms with Gasteiger partial charge in [0.15, 0.2) is 0 Å². The van der Waals surface area contributed by atoms with E-state index in [1.807, 2.05) is 0 Å². The lowest BCUT2D eigenvalue weighted by Crippen LogP contribution is -2.78. The van der Waals surface area contributed by atoms with E-state index in [2.05, 4.69) is 60.4 Å². The molecule has 0 aliphatic carbocycles. The molecule has 0 fully saturated rings. The summed E-state index contributed by atoms with van der Waals surface area (Å²) < 4.78 is 0. The van der Waals surface area contributed by atoms with Gasteiger partial charge in [0.25, 0.3) is 5.91 Å². The normalized spacial score (nSPS) is 11.1. The van der Waals surface area contributed by atoms with E-state index < -0.39 is 5.91 Å². The molecule has 37 heavy (non-hydrogen) atoms. The number of nitrogens with one attached hydrogen (secondary N) is 4. The lowest BCUT2D eigenvalue weighted by Gasteiger charge is -2.36. The van der Waals surface area contributed by atoms with E-state index in [-0.39, 0.29) is 49.3 Å². The Morgan fingerprint density at radius 1 is 0.459 bits per heavy atom. The highest BCUT2D eigenvalue weighted by atomic mass is 32.1. The molecule has 0 bridgehead atoms. The highest BCUT2D eigenvalue weighted by molar-refractivity contribution is 7.80. The van der Waals surface area contributed by atoms with Crippen LogP contribution in [0.15, 0.2) is 0 Å². The summed E-state index contributed by atoms with van der Waals surface area (Å²) in [6, 6.07) is 0. The van der Waals surface area contributed by atoms with Crippen LogP contribution < -0.4 is 21.3 Å². The van der Waals surface area contributed by atoms with Crippen molar-refractivity contribution in [3.05, 3.63) is 0 Å². The molecule has 0 radical (unpaired) electrons. The molecular formula is C27H52N4O4S2. The quantitative estimate of drug-likeness (QED) is 0.0567. The summed E-state index contributed by atoms with van der Waals surface area (Å²) in [5.74, 6) is -1.75. The lowest BCUT2D eigenvalue weighted by atomic mass is 10.1. The maximum absolute atomic E-state index is 12.9. The molecule has 0 saturated carbocycles. The predicted molar refractivity (Wildman–Crippen MR) is 157 cm³/mol. The molecular weight excluding hydrogens is 508 g/mol. The Kier molecular flexibility index (Phi) is 22.8. The van der Waals surface area contributed by atoms with Gasteiger partial charge in [0.05, 0.1) is 0 Å². The topological polar surface area (TPSA) is 116 Å². The van der Waals surface area contributed by atoms with Crippen molar-refractivity contribution in [1.29, 1.82) is 0 Å². The molecule has 8 nitrogen and oxygen atoms in total. The van der Waals surface area contributed by atoms with Crippen molar-refractivity contribution in [2.45, 2.75) is 135 Å². The Balaban J connectivity index is 5.60. The molecule has 216 valence electrons. The van der Waals surface area contributed by atoms with Crippen molar-refractivity contribution in [3.63, 3.8) is 0 Å². The SMILES string of the molecule is CCCCCCC(=O)NC(NC(=O)CCCCCC)(NC(=O)CCCCCS)NC(=O)CCCCCS. The van der Waals surface area contributed by atoms with Crippen molar-refractivity contribution in [2.75, 3.05) is 11.5 Å². The van der Waals surface area contributed by atoms with E-state index in [4.69, 9.17) is 0 Å². The van der Waals surface area contributed by atoms with Crippen LogP contribution in [0.2, 0.25) is 0 Å². The van der Waals surface area contributed by atoms with Crippen LogP contribution in [-0.2, 0) is 19.2 Å². The number of hydrogen-bond donors (Lipinski definition) is 6. The third kappa shape index (κ3) is 20.2. The summed E-state index contributed by atoms with van der Waals surface area (Å²) in [6.45, 7) is 4.19. The fraction of sp³-hybridized carbons (Fsp3) is 0.852. The first-order valence-corrected chi connectivity index (χ1v) is 15.5. The van der Waals surface area contributed by atoms with Gasteiger partial charge in [-0.2, -0.15) is 25.3 Å². The molecule has 0 aliphatic rings. The summed E-state index contributed by atoms with van der Waals surface area (Å²) in [5, 5.41) is 11.0. The van der Waals surface area contributed by atoms with Gasteiger partial charge in [-0.05, 0) is 50.0 Å². The summed E-state index contributed by atoms with van der Waals surface area (Å²) in [7, 11) is 0. The van der Waals surface area contributed by atoms with Crippen LogP contribution in [0, 0.1) is 0 Å². The molecule has 4 N–H and O–H groups in total. The van der Waals surface area contributed by atoms with Crippen molar-refractivity contribution in [1.82, 2.24) is 21.3 Å². The maximum atomic E-state index is 12.9. The highest BCUT2D eigenvalue weighted by Gasteiger charge is 2.37. The van der Waals surface area contributed by atoms with Crippen LogP contribution in [0.5, 0.6) is 0 Å². The summed E-state index contributed by atoms with van der Waals surface area (Å²) in [5.41, 5.74) is 0. The minimum Gasteiger partial charge on any atom is -0.298 e. The Labute approximate surface area is 235 Å². The Morgan fingerprint density at radius 2 is 0.730 bits per heavy atom. The number of rotatable bonds is 24. The second-order valence-electron chi connectivity index (χ2n) is 9.63. The first-order chi connectivity index (χ1) is 17.8. The molecule has 0 atom stereocenters. The second-order valence-corrected chi connectivity index (χ2v) is 10.5. The fourth-order valence-corrected chi connectivity index (χ4v) is 4.29. The molecule has 0 aromatic heterocycles. The maximum Gasteiger partial charge on any atom is 0.276 e. The Hall–Kier alpha value is -1.42. The van der Waals surface area contributed by atoms with E-state index in [0.29, 0.717) is 25.7 Å². The second kappa shape index (κ2) is 23.7. The monoisotopic (exact) mass is 560 g/mol. The molecule has 4 amide bonds. The number of carbonyl (C=O) groups is 4. The smallest absolute Gasteiger partial charge is 0.276 e. The van der Waals surface area contributed by atoms with Crippen LogP contribution in [0.1, 0.15) is 129 Å². The van der Waals surface area contributed by atoms with E-state index in [1.54, 1.807) is 0 Å². The fourth-order valence-electron chi connectivity index (χ4n) is 3.85. The van der Waals surface area contributed by atoms with Gasteiger partial charge in [-0.15, -0.1) is 0 Å². The zero-order valence-electron chi connectivity index (χ0n) is 23.2. The molecule has 0 spiro atoms. The van der Waals surface area contributed by atoms with Crippen molar-refractivity contribution < 1.29 is 19.2 Å². The van der Waals surface area contributed by atoms with Gasteiger partial charge in [0.1, 0.15) is 0 Å². The lowest BCUT2D eigenvalue weighted by molar-refractivity contribution is -0.136. The van der Waals surface area contributed by atoms with Gasteiger partial charge in [-0.1, -0.05) is 65.2 Å². The third-order valence-electron chi connectivity index (χ3n) is 5.95. The first kappa shape index (κ1) is 35.6. The van der Waals surface area contributed by atoms with Crippen LogP contribution in [0.25, 0.3) is 0 Å². The minimum absolute atomic E-state index is 0.214. The Morgan fingerprint density at radius 3 is 0.973 bits per heavy atom. The van der Waals surface area contributed by atoms with Crippen molar-refractivity contribution >= 4 is 48.9 Å². The number of amides is 4. The highest BCUT2D eigenvalue weighted by Crippen LogP contribution is 2.08. The van der Waals surface area contributed by atoms with Crippen LogP contribution in [-0.4, -0.2) is 41.0 Å². The summed E-state index contributed by atoms with van der Waals surface area (Å²) in [6.07, 6.45) is 13.0. The molecule has 10 heteroatoms. The zero-order chi connectivity index (χ0) is 27.8. The summed E-state index contributed by atoms with van der Waals surface area (Å²) in [4.78, 5) is 51.5. The molecule has 0 rings (SSSR count). The molecule has 0 unspecified atom stereocenters. The molecule has 0 aromatic carbocycles. The number of carbonyl (C=O) groups excluding carboxylic acids is 4. The molecule has 0 aromatic rings. The van der Waals surface area contributed by atoms with Crippen LogP contribution in [0.3, 0.4) is 0 Å². The van der Waals surface area contributed by atoms with Gasteiger partial charge < -0.3 is 0 Å². The van der Waals surface area contributed by atoms with E-state index >= 15 is 0 Å². The number of hydrogen-bond acceptors (Lipinski definition) is 6. The van der Waals surface area contributed by atoms with Gasteiger partial charge in [-0.25, -0.2) is 0 Å². The molecule has 0 saturated heterocycles. The van der Waals surface area contributed by atoms with Gasteiger partial charge in [0.2, 0.25) is 23.6 Å². The number of unbranched alkanes of at least 4 members (excludes halogenated alkanes) is 10. The molecule has 0 aliphatic heterocycles. The third-order valence-corrected chi connectivity index (χ3v) is 6.58. The average Bonchev–Trinajstić information content (AvgIpc) is 2.85. The first-order valence-electron chi connectivity index (χ1n) is 14.3. The van der Waals surface area contributed by atoms with Crippen molar-refractivity contribution in [2.24, 2.45) is 0 Å². The van der Waals surface area contributed by atoms with E-state index in [9.17, 15) is 19.2 Å². The van der Waals surface area contributed by atoms with Crippen molar-refractivity contribution in [3.8, 4) is 0 Å². The standard InChI is InChI=1S/C27H52N4O4S2/c1-3-5-7-11-17-23(32)28-27(29-24(33)18-12-8-6-4-2,30-25(34)19-13-9-15-21-36)31-26(35)20-14-10-16-22-37/h36-37H,3-22H2,1-2H3,(H,28,32)(H,29,33)(H,30,34)(H,31,35). The minimum atomic E-state index is -1.86. The largest absolute Gasteiger partial charge is 0.298 e. The van der Waals surface area contributed by atoms with Gasteiger partial charge >= 0.3 is 0 Å². The Bertz CT molecular complexity index is 540. The average molecular weight is 561 g/mol. The van der Waals surface area contributed by atoms with E-state index in [0.717, 1.165) is 75.7 Å². The zero-order valence-corrected chi connectivity index (χ0v) is 25.0. The van der Waals surface area contributed by atoms with Gasteiger partial charge in [-0.3, -0.25) is 40.4 Å². The van der Waals surface area contributed by atoms with Crippen LogP contribution in [0.4, 0.5) is 0 Å². The number of thiol groups is 2. The van der Waals surface area contributed by atoms with Gasteiger partial charge in [0, 0.05) is 25.7 Å². The summed E-state index contributed by atoms with van der Waals surface area (Å²) >= 11 is 8.41. The molecule has 0 heterocycles. The predicted octanol–water partition coefficient (Wildman–Crippen LogP) is 4.98. The van der Waals surface area contributed by atoms with E-state index in [1.165, 1.54) is 0 Å².